The van der Waals surface area contributed by atoms with Gasteiger partial charge in [0, 0.05) is 6.54 Å². The number of allylic oxidation sites excluding steroid dienone is 1. The van der Waals surface area contributed by atoms with Crippen LogP contribution >= 0.6 is 0 Å². The molecule has 0 fully saturated rings. The van der Waals surface area contributed by atoms with E-state index in [0.717, 1.165) is 5.57 Å². The van der Waals surface area contributed by atoms with Crippen LogP contribution in [0.15, 0.2) is 11.6 Å². The second-order valence-electron chi connectivity index (χ2n) is 2.68. The van der Waals surface area contributed by atoms with Gasteiger partial charge in [-0.2, -0.15) is 0 Å². The highest BCUT2D eigenvalue weighted by atomic mass is 32.2. The predicted molar refractivity (Wildman–Crippen MR) is 47.1 cm³/mol. The molecule has 2 N–H and O–H groups in total. The maximum Gasteiger partial charge on any atom is 0.155 e. The van der Waals surface area contributed by atoms with E-state index in [4.69, 9.17) is 5.73 Å². The van der Waals surface area contributed by atoms with Gasteiger partial charge < -0.3 is 5.73 Å². The largest absolute Gasteiger partial charge is 0.329 e. The van der Waals surface area contributed by atoms with E-state index in [1.54, 1.807) is 6.08 Å². The Morgan fingerprint density at radius 3 is 2.36 bits per heavy atom. The van der Waals surface area contributed by atoms with E-state index in [0.29, 0.717) is 0 Å². The molecule has 0 aliphatic carbocycles. The molecule has 0 rings (SSSR count). The summed E-state index contributed by atoms with van der Waals surface area (Å²) in [6.07, 6.45) is 1.70. The topological polar surface area (TPSA) is 60.2 Å². The fraction of sp³-hybridized carbons (Fsp3) is 0.714. The molecule has 0 radical (unpaired) electrons. The zero-order valence-corrected chi connectivity index (χ0v) is 7.82. The summed E-state index contributed by atoms with van der Waals surface area (Å²) in [5.41, 5.74) is 6.14. The van der Waals surface area contributed by atoms with Crippen LogP contribution in [-0.2, 0) is 9.84 Å². The lowest BCUT2D eigenvalue weighted by Crippen LogP contribution is -2.17. The van der Waals surface area contributed by atoms with Gasteiger partial charge >= 0.3 is 0 Å². The maximum absolute atomic E-state index is 11.0. The van der Waals surface area contributed by atoms with Crippen molar-refractivity contribution in [3.8, 4) is 0 Å². The zero-order valence-electron chi connectivity index (χ0n) is 7.00. The molecule has 0 saturated carbocycles. The molecule has 0 aromatic rings. The molecule has 11 heavy (non-hydrogen) atoms. The Bertz CT molecular complexity index is 225. The molecule has 66 valence electrons. The molecule has 0 aromatic carbocycles. The summed E-state index contributed by atoms with van der Waals surface area (Å²) in [5, 5.41) is 0. The molecule has 0 saturated heterocycles. The van der Waals surface area contributed by atoms with Crippen molar-refractivity contribution >= 4 is 9.84 Å². The predicted octanol–water partition coefficient (Wildman–Crippen LogP) is 0.326. The third kappa shape index (κ3) is 6.06. The van der Waals surface area contributed by atoms with Gasteiger partial charge in [0.15, 0.2) is 9.84 Å². The number of rotatable bonds is 4. The van der Waals surface area contributed by atoms with Crippen molar-refractivity contribution in [2.45, 2.75) is 13.8 Å². The van der Waals surface area contributed by atoms with Crippen LogP contribution < -0.4 is 5.73 Å². The SMILES string of the molecule is CC(C)=CCS(=O)(=O)CCN. The molecule has 0 spiro atoms. The molecular formula is C7H15NO2S. The van der Waals surface area contributed by atoms with Crippen molar-refractivity contribution in [1.82, 2.24) is 0 Å². The first-order valence-corrected chi connectivity index (χ1v) is 5.34. The Morgan fingerprint density at radius 2 is 2.00 bits per heavy atom. The van der Waals surface area contributed by atoms with E-state index in [1.807, 2.05) is 13.8 Å². The first-order chi connectivity index (χ1) is 4.98. The highest BCUT2D eigenvalue weighted by Gasteiger charge is 2.05. The molecule has 0 aromatic heterocycles. The number of hydrogen-bond donors (Lipinski definition) is 1. The van der Waals surface area contributed by atoms with Gasteiger partial charge in [-0.05, 0) is 13.8 Å². The van der Waals surface area contributed by atoms with Crippen molar-refractivity contribution in [2.24, 2.45) is 5.73 Å². The van der Waals surface area contributed by atoms with Crippen LogP contribution in [0.3, 0.4) is 0 Å². The Kier molecular flexibility index (Phi) is 4.37. The molecular weight excluding hydrogens is 162 g/mol. The molecule has 0 amide bonds. The zero-order chi connectivity index (χ0) is 8.91. The molecule has 3 nitrogen and oxygen atoms in total. The van der Waals surface area contributed by atoms with Crippen molar-refractivity contribution in [3.05, 3.63) is 11.6 Å². The van der Waals surface area contributed by atoms with E-state index in [2.05, 4.69) is 0 Å². The average Bonchev–Trinajstić information content (AvgIpc) is 1.84. The quantitative estimate of drug-likeness (QED) is 0.629. The molecule has 0 unspecified atom stereocenters. The normalized spacial score (nSPS) is 11.2. The van der Waals surface area contributed by atoms with Crippen LogP contribution in [0.5, 0.6) is 0 Å². The smallest absolute Gasteiger partial charge is 0.155 e. The van der Waals surface area contributed by atoms with Crippen LogP contribution in [0.1, 0.15) is 13.8 Å². The minimum atomic E-state index is -2.93. The second-order valence-corrected chi connectivity index (χ2v) is 4.91. The Labute approximate surface area is 68.2 Å². The lowest BCUT2D eigenvalue weighted by atomic mass is 10.3. The molecule has 4 heteroatoms. The summed E-state index contributed by atoms with van der Waals surface area (Å²) in [6.45, 7) is 3.95. The summed E-state index contributed by atoms with van der Waals surface area (Å²) in [4.78, 5) is 0. The van der Waals surface area contributed by atoms with E-state index in [-0.39, 0.29) is 18.1 Å². The van der Waals surface area contributed by atoms with Crippen LogP contribution in [0, 0.1) is 0 Å². The third-order valence-corrected chi connectivity index (χ3v) is 2.71. The van der Waals surface area contributed by atoms with Gasteiger partial charge in [0.05, 0.1) is 11.5 Å². The van der Waals surface area contributed by atoms with Crippen molar-refractivity contribution < 1.29 is 8.42 Å². The third-order valence-electron chi connectivity index (χ3n) is 1.17. The van der Waals surface area contributed by atoms with Crippen LogP contribution in [0.25, 0.3) is 0 Å². The molecule has 0 atom stereocenters. The van der Waals surface area contributed by atoms with Crippen LogP contribution in [0.4, 0.5) is 0 Å². The van der Waals surface area contributed by atoms with Gasteiger partial charge in [-0.1, -0.05) is 11.6 Å². The van der Waals surface area contributed by atoms with E-state index in [9.17, 15) is 8.42 Å². The van der Waals surface area contributed by atoms with Crippen molar-refractivity contribution in [3.63, 3.8) is 0 Å². The maximum atomic E-state index is 11.0. The minimum absolute atomic E-state index is 0.0801. The monoisotopic (exact) mass is 177 g/mol. The highest BCUT2D eigenvalue weighted by Crippen LogP contribution is 1.94. The van der Waals surface area contributed by atoms with Gasteiger partial charge in [-0.25, -0.2) is 8.42 Å². The Morgan fingerprint density at radius 1 is 1.45 bits per heavy atom. The lowest BCUT2D eigenvalue weighted by Gasteiger charge is -1.97. The molecule has 0 heterocycles. The molecule has 0 aliphatic rings. The van der Waals surface area contributed by atoms with Gasteiger partial charge in [-0.3, -0.25) is 0 Å². The Balaban J connectivity index is 4.05. The van der Waals surface area contributed by atoms with E-state index >= 15 is 0 Å². The molecule has 0 aliphatic heterocycles. The highest BCUT2D eigenvalue weighted by molar-refractivity contribution is 7.91. The first kappa shape index (κ1) is 10.7. The van der Waals surface area contributed by atoms with E-state index in [1.165, 1.54) is 0 Å². The summed E-state index contributed by atoms with van der Waals surface area (Å²) < 4.78 is 22.0. The summed E-state index contributed by atoms with van der Waals surface area (Å²) in [5.74, 6) is 0.198. The van der Waals surface area contributed by atoms with Crippen molar-refractivity contribution in [2.75, 3.05) is 18.1 Å². The van der Waals surface area contributed by atoms with Crippen LogP contribution in [0.2, 0.25) is 0 Å². The fourth-order valence-corrected chi connectivity index (χ4v) is 1.67. The summed E-state index contributed by atoms with van der Waals surface area (Å²) >= 11 is 0. The average molecular weight is 177 g/mol. The van der Waals surface area contributed by atoms with Crippen LogP contribution in [-0.4, -0.2) is 26.5 Å². The summed E-state index contributed by atoms with van der Waals surface area (Å²) in [6, 6.07) is 0. The Hall–Kier alpha value is -0.350. The van der Waals surface area contributed by atoms with Crippen molar-refractivity contribution in [1.29, 1.82) is 0 Å². The van der Waals surface area contributed by atoms with Gasteiger partial charge in [0.1, 0.15) is 0 Å². The summed E-state index contributed by atoms with van der Waals surface area (Å²) in [7, 11) is -2.93. The lowest BCUT2D eigenvalue weighted by molar-refractivity contribution is 0.598. The van der Waals surface area contributed by atoms with Gasteiger partial charge in [-0.15, -0.1) is 0 Å². The molecule has 0 bridgehead atoms. The van der Waals surface area contributed by atoms with Gasteiger partial charge in [0.25, 0.3) is 0 Å². The van der Waals surface area contributed by atoms with E-state index < -0.39 is 9.84 Å². The number of nitrogens with two attached hydrogens (primary N) is 1. The number of sulfone groups is 1. The standard InChI is InChI=1S/C7H15NO2S/c1-7(2)3-5-11(9,10)6-4-8/h3H,4-6,8H2,1-2H3. The second kappa shape index (κ2) is 4.51. The number of hydrogen-bond acceptors (Lipinski definition) is 3. The minimum Gasteiger partial charge on any atom is -0.329 e. The first-order valence-electron chi connectivity index (χ1n) is 3.52. The van der Waals surface area contributed by atoms with Gasteiger partial charge in [0.2, 0.25) is 0 Å². The fourth-order valence-electron chi connectivity index (χ4n) is 0.557.